The van der Waals surface area contributed by atoms with Gasteiger partial charge in [0.25, 0.3) is 0 Å². The molecular formula is C22H31N3O3. The summed E-state index contributed by atoms with van der Waals surface area (Å²) in [7, 11) is 3.70. The normalized spacial score (nSPS) is 15.7. The molecule has 1 saturated heterocycles. The molecular weight excluding hydrogens is 354 g/mol. The van der Waals surface area contributed by atoms with Crippen molar-refractivity contribution in [1.29, 1.82) is 0 Å². The van der Waals surface area contributed by atoms with Crippen molar-refractivity contribution in [2.24, 2.45) is 0 Å². The smallest absolute Gasteiger partial charge is 0.161 e. The Morgan fingerprint density at radius 3 is 2.68 bits per heavy atom. The molecule has 2 aromatic rings. The monoisotopic (exact) mass is 385 g/mol. The third-order valence-electron chi connectivity index (χ3n) is 4.94. The summed E-state index contributed by atoms with van der Waals surface area (Å²) in [6, 6.07) is 11.9. The van der Waals surface area contributed by atoms with Crippen LogP contribution in [0.1, 0.15) is 24.1 Å². The lowest BCUT2D eigenvalue weighted by atomic mass is 10.2. The topological polar surface area (TPSA) is 58.1 Å². The second-order valence-electron chi connectivity index (χ2n) is 7.45. The minimum Gasteiger partial charge on any atom is -0.493 e. The van der Waals surface area contributed by atoms with E-state index in [2.05, 4.69) is 21.8 Å². The standard InChI is InChI=1S/C22H31N3O3/c1-24(15-19-7-3-4-10-23-19)14-18-8-9-21(27-2)22(13-18)28-17-20(26)16-25-11-5-6-12-25/h3-4,7-10,13,20,26H,5-6,11-12,14-17H2,1-2H3/t20-/m1/s1. The number of hydrogen-bond donors (Lipinski definition) is 1. The van der Waals surface area contributed by atoms with Gasteiger partial charge in [0, 0.05) is 25.8 Å². The minimum atomic E-state index is -0.502. The first-order valence-electron chi connectivity index (χ1n) is 9.92. The summed E-state index contributed by atoms with van der Waals surface area (Å²) in [5.74, 6) is 1.36. The lowest BCUT2D eigenvalue weighted by Gasteiger charge is -2.21. The van der Waals surface area contributed by atoms with E-state index in [0.717, 1.165) is 37.4 Å². The highest BCUT2D eigenvalue weighted by molar-refractivity contribution is 5.43. The van der Waals surface area contributed by atoms with E-state index in [4.69, 9.17) is 9.47 Å². The molecule has 0 saturated carbocycles. The van der Waals surface area contributed by atoms with Gasteiger partial charge in [-0.2, -0.15) is 0 Å². The number of β-amino-alcohol motifs (C(OH)–C–C–N with tert-alkyl or cyclic N) is 1. The van der Waals surface area contributed by atoms with E-state index in [9.17, 15) is 5.11 Å². The average molecular weight is 386 g/mol. The van der Waals surface area contributed by atoms with Crippen LogP contribution < -0.4 is 9.47 Å². The Bertz CT molecular complexity index is 720. The maximum absolute atomic E-state index is 10.3. The lowest BCUT2D eigenvalue weighted by molar-refractivity contribution is 0.0746. The molecule has 1 aromatic carbocycles. The van der Waals surface area contributed by atoms with Crippen LogP contribution in [0.4, 0.5) is 0 Å². The zero-order valence-corrected chi connectivity index (χ0v) is 16.9. The van der Waals surface area contributed by atoms with E-state index in [1.54, 1.807) is 7.11 Å². The molecule has 0 spiro atoms. The van der Waals surface area contributed by atoms with Gasteiger partial charge in [0.15, 0.2) is 11.5 Å². The highest BCUT2D eigenvalue weighted by Crippen LogP contribution is 2.29. The van der Waals surface area contributed by atoms with Crippen molar-refractivity contribution in [1.82, 2.24) is 14.8 Å². The average Bonchev–Trinajstić information content (AvgIpc) is 3.20. The van der Waals surface area contributed by atoms with Gasteiger partial charge >= 0.3 is 0 Å². The molecule has 0 amide bonds. The predicted molar refractivity (Wildman–Crippen MR) is 110 cm³/mol. The molecule has 152 valence electrons. The number of benzene rings is 1. The van der Waals surface area contributed by atoms with Gasteiger partial charge in [0.1, 0.15) is 12.7 Å². The van der Waals surface area contributed by atoms with E-state index in [1.807, 2.05) is 42.6 Å². The Kier molecular flexibility index (Phi) is 7.65. The van der Waals surface area contributed by atoms with Crippen LogP contribution in [-0.2, 0) is 13.1 Å². The van der Waals surface area contributed by atoms with Crippen LogP contribution in [0.3, 0.4) is 0 Å². The van der Waals surface area contributed by atoms with E-state index in [-0.39, 0.29) is 6.61 Å². The quantitative estimate of drug-likeness (QED) is 0.678. The second kappa shape index (κ2) is 10.4. The van der Waals surface area contributed by atoms with Gasteiger partial charge in [0.2, 0.25) is 0 Å². The van der Waals surface area contributed by atoms with Crippen molar-refractivity contribution >= 4 is 0 Å². The van der Waals surface area contributed by atoms with Crippen LogP contribution in [0.2, 0.25) is 0 Å². The maximum Gasteiger partial charge on any atom is 0.161 e. The number of pyridine rings is 1. The van der Waals surface area contributed by atoms with E-state index >= 15 is 0 Å². The van der Waals surface area contributed by atoms with Crippen LogP contribution in [0.15, 0.2) is 42.6 Å². The molecule has 1 fully saturated rings. The Hall–Kier alpha value is -2.15. The third kappa shape index (κ3) is 6.19. The first-order valence-corrected chi connectivity index (χ1v) is 9.92. The summed E-state index contributed by atoms with van der Waals surface area (Å²) in [5, 5.41) is 10.3. The molecule has 1 aliphatic rings. The van der Waals surface area contributed by atoms with Crippen LogP contribution in [-0.4, -0.2) is 66.4 Å². The summed E-state index contributed by atoms with van der Waals surface area (Å²) in [6.07, 6.45) is 3.75. The fourth-order valence-corrected chi connectivity index (χ4v) is 3.57. The van der Waals surface area contributed by atoms with Crippen LogP contribution in [0.5, 0.6) is 11.5 Å². The summed E-state index contributed by atoms with van der Waals surface area (Å²) in [4.78, 5) is 8.87. The number of aliphatic hydroxyl groups is 1. The first kappa shape index (κ1) is 20.6. The fraction of sp³-hybridized carbons (Fsp3) is 0.500. The third-order valence-corrected chi connectivity index (χ3v) is 4.94. The van der Waals surface area contributed by atoms with Crippen LogP contribution >= 0.6 is 0 Å². The number of aliphatic hydroxyl groups excluding tert-OH is 1. The van der Waals surface area contributed by atoms with Crippen molar-refractivity contribution in [3.05, 3.63) is 53.9 Å². The molecule has 3 rings (SSSR count). The van der Waals surface area contributed by atoms with Gasteiger partial charge in [-0.15, -0.1) is 0 Å². The maximum atomic E-state index is 10.3. The largest absolute Gasteiger partial charge is 0.493 e. The molecule has 0 unspecified atom stereocenters. The van der Waals surface area contributed by atoms with Gasteiger partial charge in [-0.3, -0.25) is 9.88 Å². The van der Waals surface area contributed by atoms with Crippen molar-refractivity contribution in [3.63, 3.8) is 0 Å². The Morgan fingerprint density at radius 2 is 1.96 bits per heavy atom. The van der Waals surface area contributed by atoms with Gasteiger partial charge in [-0.25, -0.2) is 0 Å². The molecule has 2 heterocycles. The molecule has 1 aromatic heterocycles. The van der Waals surface area contributed by atoms with Gasteiger partial charge in [0.05, 0.1) is 12.8 Å². The summed E-state index contributed by atoms with van der Waals surface area (Å²) < 4.78 is 11.3. The summed E-state index contributed by atoms with van der Waals surface area (Å²) >= 11 is 0. The number of hydrogen-bond acceptors (Lipinski definition) is 6. The summed E-state index contributed by atoms with van der Waals surface area (Å²) in [6.45, 7) is 4.61. The zero-order valence-electron chi connectivity index (χ0n) is 16.9. The predicted octanol–water partition coefficient (Wildman–Crippen LogP) is 2.56. The van der Waals surface area contributed by atoms with Gasteiger partial charge in [-0.1, -0.05) is 12.1 Å². The highest BCUT2D eigenvalue weighted by atomic mass is 16.5. The lowest BCUT2D eigenvalue weighted by Crippen LogP contribution is -2.33. The number of aromatic nitrogens is 1. The number of nitrogens with zero attached hydrogens (tertiary/aromatic N) is 3. The van der Waals surface area contributed by atoms with E-state index in [0.29, 0.717) is 18.0 Å². The van der Waals surface area contributed by atoms with Gasteiger partial charge in [-0.05, 0) is 62.8 Å². The van der Waals surface area contributed by atoms with Crippen LogP contribution in [0, 0.1) is 0 Å². The van der Waals surface area contributed by atoms with Crippen molar-refractivity contribution in [3.8, 4) is 11.5 Å². The Morgan fingerprint density at radius 1 is 1.14 bits per heavy atom. The molecule has 0 bridgehead atoms. The Balaban J connectivity index is 1.56. The number of rotatable bonds is 10. The zero-order chi connectivity index (χ0) is 19.8. The molecule has 6 nitrogen and oxygen atoms in total. The van der Waals surface area contributed by atoms with E-state index < -0.39 is 6.10 Å². The first-order chi connectivity index (χ1) is 13.6. The van der Waals surface area contributed by atoms with Crippen molar-refractivity contribution < 1.29 is 14.6 Å². The number of ether oxygens (including phenoxy) is 2. The van der Waals surface area contributed by atoms with E-state index in [1.165, 1.54) is 12.8 Å². The number of likely N-dealkylation sites (tertiary alicyclic amines) is 1. The molecule has 1 aliphatic heterocycles. The summed E-state index contributed by atoms with van der Waals surface area (Å²) in [5.41, 5.74) is 2.17. The molecule has 0 radical (unpaired) electrons. The van der Waals surface area contributed by atoms with Crippen molar-refractivity contribution in [2.45, 2.75) is 32.0 Å². The molecule has 6 heteroatoms. The molecule has 1 atom stereocenters. The Labute approximate surface area is 167 Å². The second-order valence-corrected chi connectivity index (χ2v) is 7.45. The highest BCUT2D eigenvalue weighted by Gasteiger charge is 2.17. The SMILES string of the molecule is COc1ccc(CN(C)Cc2ccccn2)cc1OC[C@H](O)CN1CCCC1. The molecule has 0 aliphatic carbocycles. The van der Waals surface area contributed by atoms with Crippen LogP contribution in [0.25, 0.3) is 0 Å². The number of methoxy groups -OCH3 is 1. The van der Waals surface area contributed by atoms with Crippen molar-refractivity contribution in [2.75, 3.05) is 40.4 Å². The fourth-order valence-electron chi connectivity index (χ4n) is 3.57. The molecule has 28 heavy (non-hydrogen) atoms. The molecule has 1 N–H and O–H groups in total. The van der Waals surface area contributed by atoms with Gasteiger partial charge < -0.3 is 19.5 Å². The minimum absolute atomic E-state index is 0.264.